The summed E-state index contributed by atoms with van der Waals surface area (Å²) in [6.07, 6.45) is 8.21. The Hall–Kier alpha value is -7.31. The molecule has 1 aliphatic rings. The van der Waals surface area contributed by atoms with E-state index in [1.807, 2.05) is 36.4 Å². The third kappa shape index (κ3) is 4.92. The Kier molecular flexibility index (Phi) is 7.04. The second-order valence-electron chi connectivity index (χ2n) is 14.2. The molecule has 3 heterocycles. The van der Waals surface area contributed by atoms with Crippen LogP contribution >= 0.6 is 0 Å². The number of nitrogens with two attached hydrogens (primary N) is 1. The van der Waals surface area contributed by atoms with Gasteiger partial charge in [0, 0.05) is 38.1 Å². The zero-order valence-electron chi connectivity index (χ0n) is 29.9. The molecule has 0 unspecified atom stereocenters. The molecule has 1 aliphatic carbocycles. The Morgan fingerprint density at radius 2 is 1.18 bits per heavy atom. The van der Waals surface area contributed by atoms with Gasteiger partial charge in [0.05, 0.1) is 39.1 Å². The maximum atomic E-state index is 7.16. The van der Waals surface area contributed by atoms with Crippen LogP contribution in [-0.4, -0.2) is 24.1 Å². The van der Waals surface area contributed by atoms with Crippen LogP contribution in [-0.2, 0) is 0 Å². The number of nitrogens with zero attached hydrogens (tertiary/aromatic N) is 5. The number of fused-ring (bicyclic) bond motifs is 8. The third-order valence-electron chi connectivity index (χ3n) is 11.0. The number of allylic oxidation sites excluding steroid dienone is 4. The maximum Gasteiger partial charge on any atom is 0.164 e. The summed E-state index contributed by atoms with van der Waals surface area (Å²) in [6.45, 7) is 0. The SMILES string of the molecule is Nc1cc(-c2nc(C3=CC=CCC3)nc(-c3ccccc3)n2)ccc1-n1c2ccccc2c2ccc3c(c4ccccc4n3-c3cccc4ccccc34)c21. The van der Waals surface area contributed by atoms with E-state index in [-0.39, 0.29) is 0 Å². The van der Waals surface area contributed by atoms with E-state index in [1.165, 1.54) is 32.3 Å². The zero-order chi connectivity index (χ0) is 36.5. The van der Waals surface area contributed by atoms with Crippen LogP contribution < -0.4 is 5.73 Å². The molecule has 2 N–H and O–H groups in total. The van der Waals surface area contributed by atoms with Crippen LogP contribution in [0, 0.1) is 0 Å². The molecule has 0 amide bonds. The predicted octanol–water partition coefficient (Wildman–Crippen LogP) is 11.9. The highest BCUT2D eigenvalue weighted by Gasteiger charge is 2.23. The minimum Gasteiger partial charge on any atom is -0.397 e. The molecule has 7 aromatic carbocycles. The Balaban J connectivity index is 1.16. The van der Waals surface area contributed by atoms with Crippen LogP contribution in [0.3, 0.4) is 0 Å². The molecule has 260 valence electrons. The molecule has 0 aliphatic heterocycles. The first kappa shape index (κ1) is 31.2. The van der Waals surface area contributed by atoms with Crippen molar-refractivity contribution < 1.29 is 0 Å². The summed E-state index contributed by atoms with van der Waals surface area (Å²) in [5.41, 5.74) is 17.3. The van der Waals surface area contributed by atoms with Crippen molar-refractivity contribution in [2.45, 2.75) is 12.8 Å². The Morgan fingerprint density at radius 1 is 0.491 bits per heavy atom. The first-order chi connectivity index (χ1) is 27.2. The number of anilines is 1. The lowest BCUT2D eigenvalue weighted by atomic mass is 10.0. The summed E-state index contributed by atoms with van der Waals surface area (Å²) in [6, 6.07) is 53.4. The van der Waals surface area contributed by atoms with Crippen LogP contribution in [0.4, 0.5) is 5.69 Å². The second kappa shape index (κ2) is 12.4. The van der Waals surface area contributed by atoms with Crippen molar-refractivity contribution in [2.24, 2.45) is 0 Å². The van der Waals surface area contributed by atoms with Gasteiger partial charge in [0.2, 0.25) is 0 Å². The van der Waals surface area contributed by atoms with Gasteiger partial charge in [-0.1, -0.05) is 127 Å². The van der Waals surface area contributed by atoms with Crippen LogP contribution in [0.5, 0.6) is 0 Å². The van der Waals surface area contributed by atoms with Crippen molar-refractivity contribution in [2.75, 3.05) is 5.73 Å². The van der Waals surface area contributed by atoms with Crippen LogP contribution in [0.2, 0.25) is 0 Å². The van der Waals surface area contributed by atoms with Gasteiger partial charge in [0.1, 0.15) is 0 Å². The average molecular weight is 707 g/mol. The predicted molar refractivity (Wildman–Crippen MR) is 228 cm³/mol. The molecule has 0 atom stereocenters. The van der Waals surface area contributed by atoms with E-state index in [9.17, 15) is 0 Å². The molecule has 0 spiro atoms. The van der Waals surface area contributed by atoms with Gasteiger partial charge in [-0.05, 0) is 66.3 Å². The van der Waals surface area contributed by atoms with Gasteiger partial charge >= 0.3 is 0 Å². The van der Waals surface area contributed by atoms with Crippen LogP contribution in [0.15, 0.2) is 170 Å². The van der Waals surface area contributed by atoms with Gasteiger partial charge in [0.25, 0.3) is 0 Å². The van der Waals surface area contributed by atoms with Crippen molar-refractivity contribution >= 4 is 65.6 Å². The molecule has 55 heavy (non-hydrogen) atoms. The zero-order valence-corrected chi connectivity index (χ0v) is 29.9. The monoisotopic (exact) mass is 706 g/mol. The fourth-order valence-corrected chi connectivity index (χ4v) is 8.47. The molecule has 0 fully saturated rings. The first-order valence-corrected chi connectivity index (χ1v) is 18.7. The molecule has 6 heteroatoms. The summed E-state index contributed by atoms with van der Waals surface area (Å²) in [5.74, 6) is 1.94. The highest BCUT2D eigenvalue weighted by Crippen LogP contribution is 2.43. The Bertz CT molecular complexity index is 3210. The molecule has 0 radical (unpaired) electrons. The van der Waals surface area contributed by atoms with Gasteiger partial charge in [-0.25, -0.2) is 15.0 Å². The number of benzene rings is 7. The topological polar surface area (TPSA) is 74.6 Å². The van der Waals surface area contributed by atoms with Gasteiger partial charge in [0.15, 0.2) is 17.5 Å². The standard InChI is InChI=1S/C49H34N6/c50-39-30-34(49-52-47(32-15-3-1-4-16-32)51-48(53-49)33-17-5-2-6-18-33)26-28-43(39)55-41-23-11-9-21-36(41)37-27-29-44-45(46(37)55)38-22-10-12-24-42(38)54(44)40-25-13-19-31-14-7-8-20-35(31)40/h1-5,7-17,19-30H,6,18,50H2. The second-order valence-corrected chi connectivity index (χ2v) is 14.2. The van der Waals surface area contributed by atoms with Gasteiger partial charge < -0.3 is 14.9 Å². The van der Waals surface area contributed by atoms with Crippen molar-refractivity contribution in [3.8, 4) is 34.2 Å². The van der Waals surface area contributed by atoms with E-state index >= 15 is 0 Å². The van der Waals surface area contributed by atoms with E-state index in [4.69, 9.17) is 20.7 Å². The summed E-state index contributed by atoms with van der Waals surface area (Å²) < 4.78 is 4.76. The van der Waals surface area contributed by atoms with Crippen LogP contribution in [0.1, 0.15) is 18.7 Å². The van der Waals surface area contributed by atoms with Crippen LogP contribution in [0.25, 0.3) is 94.1 Å². The molecule has 11 rings (SSSR count). The van der Waals surface area contributed by atoms with E-state index in [0.29, 0.717) is 23.2 Å². The summed E-state index contributed by atoms with van der Waals surface area (Å²) >= 11 is 0. The fourth-order valence-electron chi connectivity index (χ4n) is 8.47. The van der Waals surface area contributed by atoms with Crippen molar-refractivity contribution in [1.29, 1.82) is 0 Å². The van der Waals surface area contributed by atoms with E-state index in [2.05, 4.69) is 143 Å². The molecule has 3 aromatic heterocycles. The number of nitrogen functional groups attached to an aromatic ring is 1. The molecule has 0 saturated heterocycles. The number of rotatable bonds is 5. The normalized spacial score (nSPS) is 13.1. The largest absolute Gasteiger partial charge is 0.397 e. The number of aromatic nitrogens is 5. The minimum atomic E-state index is 0.598. The third-order valence-corrected chi connectivity index (χ3v) is 11.0. The quantitative estimate of drug-likeness (QED) is 0.181. The molecular weight excluding hydrogens is 673 g/mol. The molecule has 10 aromatic rings. The molecule has 6 nitrogen and oxygen atoms in total. The number of hydrogen-bond donors (Lipinski definition) is 1. The fraction of sp³-hybridized carbons (Fsp3) is 0.0408. The summed E-state index contributed by atoms with van der Waals surface area (Å²) in [5, 5.41) is 7.15. The van der Waals surface area contributed by atoms with E-state index < -0.39 is 0 Å². The Labute approximate surface area is 317 Å². The summed E-state index contributed by atoms with van der Waals surface area (Å²) in [7, 11) is 0. The average Bonchev–Trinajstić information content (AvgIpc) is 3.77. The Morgan fingerprint density at radius 3 is 1.98 bits per heavy atom. The lowest BCUT2D eigenvalue weighted by molar-refractivity contribution is 0.978. The van der Waals surface area contributed by atoms with Crippen molar-refractivity contribution in [3.63, 3.8) is 0 Å². The van der Waals surface area contributed by atoms with Crippen molar-refractivity contribution in [1.82, 2.24) is 24.1 Å². The van der Waals surface area contributed by atoms with E-state index in [0.717, 1.165) is 63.0 Å². The number of hydrogen-bond acceptors (Lipinski definition) is 4. The smallest absolute Gasteiger partial charge is 0.164 e. The van der Waals surface area contributed by atoms with Gasteiger partial charge in [-0.3, -0.25) is 0 Å². The minimum absolute atomic E-state index is 0.598. The van der Waals surface area contributed by atoms with Crippen molar-refractivity contribution in [3.05, 3.63) is 176 Å². The lowest BCUT2D eigenvalue weighted by Gasteiger charge is -2.15. The maximum absolute atomic E-state index is 7.16. The highest BCUT2D eigenvalue weighted by molar-refractivity contribution is 6.26. The lowest BCUT2D eigenvalue weighted by Crippen LogP contribution is -2.05. The molecular formula is C49H34N6. The van der Waals surface area contributed by atoms with Gasteiger partial charge in [-0.15, -0.1) is 0 Å². The van der Waals surface area contributed by atoms with Gasteiger partial charge in [-0.2, -0.15) is 0 Å². The first-order valence-electron chi connectivity index (χ1n) is 18.7. The van der Waals surface area contributed by atoms with E-state index in [1.54, 1.807) is 0 Å². The summed E-state index contributed by atoms with van der Waals surface area (Å²) in [4.78, 5) is 15.0. The molecule has 0 saturated carbocycles. The highest BCUT2D eigenvalue weighted by atomic mass is 15.0. The molecule has 0 bridgehead atoms. The number of para-hydroxylation sites is 2.